The van der Waals surface area contributed by atoms with Crippen molar-refractivity contribution in [3.63, 3.8) is 0 Å². The summed E-state index contributed by atoms with van der Waals surface area (Å²) >= 11 is 12.1. The van der Waals surface area contributed by atoms with Crippen LogP contribution in [0.3, 0.4) is 0 Å². The van der Waals surface area contributed by atoms with E-state index in [1.807, 2.05) is 0 Å². The zero-order valence-electron chi connectivity index (χ0n) is 18.4. The molecular weight excluding hydrogens is 394 g/mol. The summed E-state index contributed by atoms with van der Waals surface area (Å²) in [6.07, 6.45) is 10.5. The quantitative estimate of drug-likeness (QED) is 0.264. The van der Waals surface area contributed by atoms with Crippen molar-refractivity contribution in [1.29, 1.82) is 0 Å². The molecule has 0 saturated carbocycles. The molecule has 0 aromatic heterocycles. The van der Waals surface area contributed by atoms with E-state index in [1.54, 1.807) is 0 Å². The Balaban J connectivity index is 3.02. The number of unbranched alkanes of at least 4 members (excludes halogenated alkanes) is 6. The molecular formula is C23H39Cl2OP. The molecule has 0 bridgehead atoms. The number of aryl methyl sites for hydroxylation is 1. The van der Waals surface area contributed by atoms with Crippen LogP contribution in [0.25, 0.3) is 0 Å². The third kappa shape index (κ3) is 8.93. The molecule has 0 aliphatic heterocycles. The SMILES string of the molecule is CCCCCCCCCc1cc(C(C)(C)C)c(OP(Cl)Cl)c(C(C)(C)C)c1. The fraction of sp³-hybridized carbons (Fsp3) is 0.739. The van der Waals surface area contributed by atoms with Gasteiger partial charge in [0.1, 0.15) is 5.75 Å². The highest BCUT2D eigenvalue weighted by Crippen LogP contribution is 2.52. The zero-order valence-corrected chi connectivity index (χ0v) is 20.8. The van der Waals surface area contributed by atoms with Crippen LogP contribution < -0.4 is 4.52 Å². The molecule has 1 aromatic rings. The third-order valence-electron chi connectivity index (χ3n) is 4.99. The van der Waals surface area contributed by atoms with Crippen LogP contribution in [0.15, 0.2) is 12.1 Å². The summed E-state index contributed by atoms with van der Waals surface area (Å²) < 4.78 is 5.96. The first-order valence-electron chi connectivity index (χ1n) is 10.4. The second-order valence-corrected chi connectivity index (χ2v) is 12.6. The van der Waals surface area contributed by atoms with Crippen molar-refractivity contribution in [1.82, 2.24) is 0 Å². The molecule has 0 amide bonds. The van der Waals surface area contributed by atoms with Gasteiger partial charge in [-0.1, -0.05) is 99.1 Å². The van der Waals surface area contributed by atoms with Gasteiger partial charge in [0.15, 0.2) is 0 Å². The lowest BCUT2D eigenvalue weighted by molar-refractivity contribution is 0.506. The maximum atomic E-state index is 6.06. The van der Waals surface area contributed by atoms with Crippen LogP contribution in [0, 0.1) is 0 Å². The summed E-state index contributed by atoms with van der Waals surface area (Å²) in [5.74, 6) is 0.884. The van der Waals surface area contributed by atoms with Crippen LogP contribution in [0.4, 0.5) is 0 Å². The van der Waals surface area contributed by atoms with Gasteiger partial charge in [-0.2, -0.15) is 0 Å². The summed E-state index contributed by atoms with van der Waals surface area (Å²) in [4.78, 5) is 0. The first-order chi connectivity index (χ1) is 12.5. The molecule has 0 heterocycles. The Labute approximate surface area is 179 Å². The van der Waals surface area contributed by atoms with E-state index in [0.717, 1.165) is 12.2 Å². The van der Waals surface area contributed by atoms with Gasteiger partial charge in [0.05, 0.1) is 0 Å². The lowest BCUT2D eigenvalue weighted by atomic mass is 9.78. The van der Waals surface area contributed by atoms with Gasteiger partial charge < -0.3 is 4.52 Å². The first-order valence-corrected chi connectivity index (χ1v) is 13.5. The van der Waals surface area contributed by atoms with Crippen molar-refractivity contribution < 1.29 is 4.52 Å². The number of hydrogen-bond acceptors (Lipinski definition) is 1. The predicted molar refractivity (Wildman–Crippen MR) is 125 cm³/mol. The zero-order chi connectivity index (χ0) is 20.7. The average molecular weight is 433 g/mol. The number of benzene rings is 1. The van der Waals surface area contributed by atoms with Crippen molar-refractivity contribution in [3.8, 4) is 5.75 Å². The molecule has 0 unspecified atom stereocenters. The van der Waals surface area contributed by atoms with E-state index in [2.05, 4.69) is 60.6 Å². The maximum Gasteiger partial charge on any atom is 0.284 e. The second-order valence-electron chi connectivity index (χ2n) is 9.68. The normalized spacial score (nSPS) is 12.7. The molecule has 0 fully saturated rings. The molecule has 0 N–H and O–H groups in total. The molecule has 4 heteroatoms. The van der Waals surface area contributed by atoms with Gasteiger partial charge in [-0.25, -0.2) is 0 Å². The van der Waals surface area contributed by atoms with Crippen LogP contribution >= 0.6 is 29.3 Å². The lowest BCUT2D eigenvalue weighted by Gasteiger charge is -2.30. The first kappa shape index (κ1) is 25.1. The topological polar surface area (TPSA) is 9.23 Å². The van der Waals surface area contributed by atoms with Gasteiger partial charge in [0.2, 0.25) is 0 Å². The minimum atomic E-state index is -1.49. The minimum absolute atomic E-state index is 0.0232. The summed E-state index contributed by atoms with van der Waals surface area (Å²) in [5.41, 5.74) is 3.78. The van der Waals surface area contributed by atoms with Gasteiger partial charge in [-0.3, -0.25) is 0 Å². The molecule has 0 saturated heterocycles. The van der Waals surface area contributed by atoms with E-state index >= 15 is 0 Å². The van der Waals surface area contributed by atoms with Gasteiger partial charge in [0, 0.05) is 11.1 Å². The maximum absolute atomic E-state index is 6.06. The van der Waals surface area contributed by atoms with Crippen LogP contribution in [0.5, 0.6) is 5.75 Å². The van der Waals surface area contributed by atoms with E-state index in [-0.39, 0.29) is 10.8 Å². The third-order valence-corrected chi connectivity index (χ3v) is 5.73. The summed E-state index contributed by atoms with van der Waals surface area (Å²) in [7, 11) is 0. The number of halogens is 2. The fourth-order valence-electron chi connectivity index (χ4n) is 3.40. The molecule has 1 aromatic carbocycles. The van der Waals surface area contributed by atoms with Crippen LogP contribution in [-0.4, -0.2) is 0 Å². The number of rotatable bonds is 10. The molecule has 1 nitrogen and oxygen atoms in total. The highest BCUT2D eigenvalue weighted by Gasteiger charge is 2.29. The Morgan fingerprint density at radius 3 is 1.63 bits per heavy atom. The predicted octanol–water partition coefficient (Wildman–Crippen LogP) is 9.66. The Hall–Kier alpha value is 0.0300. The molecule has 156 valence electrons. The molecule has 0 atom stereocenters. The van der Waals surface area contributed by atoms with Crippen molar-refractivity contribution in [2.75, 3.05) is 0 Å². The standard InChI is InChI=1S/C23H39Cl2OP/c1-8-9-10-11-12-13-14-15-18-16-19(22(2,3)4)21(26-27(24)25)20(17-18)23(5,6)7/h16-17H,8-15H2,1-7H3. The van der Waals surface area contributed by atoms with E-state index < -0.39 is 6.85 Å². The lowest BCUT2D eigenvalue weighted by Crippen LogP contribution is -2.19. The Morgan fingerprint density at radius 1 is 0.778 bits per heavy atom. The van der Waals surface area contributed by atoms with Gasteiger partial charge >= 0.3 is 0 Å². The minimum Gasteiger partial charge on any atom is -0.444 e. The second kappa shape index (κ2) is 11.3. The largest absolute Gasteiger partial charge is 0.444 e. The highest BCUT2D eigenvalue weighted by atomic mass is 35.9. The fourth-order valence-corrected chi connectivity index (χ4v) is 4.15. The Bertz CT molecular complexity index is 536. The van der Waals surface area contributed by atoms with Crippen LogP contribution in [0.2, 0.25) is 0 Å². The van der Waals surface area contributed by atoms with Gasteiger partial charge in [-0.05, 0) is 51.7 Å². The van der Waals surface area contributed by atoms with Crippen LogP contribution in [0.1, 0.15) is 110 Å². The van der Waals surface area contributed by atoms with Gasteiger partial charge in [-0.15, -0.1) is 0 Å². The van der Waals surface area contributed by atoms with Gasteiger partial charge in [0.25, 0.3) is 6.85 Å². The highest BCUT2D eigenvalue weighted by molar-refractivity contribution is 8.00. The molecule has 0 aliphatic carbocycles. The van der Waals surface area contributed by atoms with Crippen molar-refractivity contribution in [3.05, 3.63) is 28.8 Å². The summed E-state index contributed by atoms with van der Waals surface area (Å²) in [5, 5.41) is 0. The molecule has 0 spiro atoms. The van der Waals surface area contributed by atoms with Crippen molar-refractivity contribution in [2.24, 2.45) is 0 Å². The Kier molecular flexibility index (Phi) is 10.5. The number of hydrogen-bond donors (Lipinski definition) is 0. The van der Waals surface area contributed by atoms with Crippen molar-refractivity contribution in [2.45, 2.75) is 111 Å². The smallest absolute Gasteiger partial charge is 0.284 e. The van der Waals surface area contributed by atoms with Crippen molar-refractivity contribution >= 4 is 29.3 Å². The van der Waals surface area contributed by atoms with E-state index in [4.69, 9.17) is 27.0 Å². The average Bonchev–Trinajstić information content (AvgIpc) is 2.52. The van der Waals surface area contributed by atoms with Crippen LogP contribution in [-0.2, 0) is 17.3 Å². The Morgan fingerprint density at radius 2 is 1.22 bits per heavy atom. The molecule has 27 heavy (non-hydrogen) atoms. The van der Waals surface area contributed by atoms with E-state index in [1.165, 1.54) is 61.6 Å². The van der Waals surface area contributed by atoms with E-state index in [9.17, 15) is 0 Å². The molecule has 1 rings (SSSR count). The summed E-state index contributed by atoms with van der Waals surface area (Å²) in [6.45, 7) is 14.1. The monoisotopic (exact) mass is 432 g/mol. The van der Waals surface area contributed by atoms with E-state index in [0.29, 0.717) is 0 Å². The summed E-state index contributed by atoms with van der Waals surface area (Å²) in [6, 6.07) is 4.63. The molecule has 0 radical (unpaired) electrons. The molecule has 0 aliphatic rings.